The number of aliphatic hydroxyl groups is 1. The quantitative estimate of drug-likeness (QED) is 0.345. The zero-order chi connectivity index (χ0) is 24.3. The minimum absolute atomic E-state index is 0.0799. The fourth-order valence-corrected chi connectivity index (χ4v) is 3.91. The fourth-order valence-electron chi connectivity index (χ4n) is 3.78. The van der Waals surface area contributed by atoms with Crippen molar-refractivity contribution in [1.29, 1.82) is 0 Å². The second kappa shape index (κ2) is 10.4. The number of carbonyl (C=O) groups excluding carboxylic acids is 2. The highest BCUT2D eigenvalue weighted by atomic mass is 35.5. The van der Waals surface area contributed by atoms with Crippen LogP contribution in [0, 0.1) is 12.8 Å². The fraction of sp³-hybridized carbons (Fsp3) is 0.385. The number of nitrogens with zero attached hydrogens (tertiary/aromatic N) is 2. The van der Waals surface area contributed by atoms with Gasteiger partial charge in [-0.05, 0) is 68.4 Å². The van der Waals surface area contributed by atoms with Gasteiger partial charge >= 0.3 is 0 Å². The molecule has 7 heteroatoms. The van der Waals surface area contributed by atoms with E-state index >= 15 is 0 Å². The predicted octanol–water partition coefficient (Wildman–Crippen LogP) is 4.67. The Morgan fingerprint density at radius 1 is 1.15 bits per heavy atom. The van der Waals surface area contributed by atoms with E-state index < -0.39 is 17.7 Å². The number of Topliss-reactive ketones (excluding diaryl/α,β-unsaturated/α-hetero) is 1. The molecular weight excluding hydrogens is 440 g/mol. The Balaban J connectivity index is 2.06. The number of hydrogen-bond acceptors (Lipinski definition) is 5. The zero-order valence-corrected chi connectivity index (χ0v) is 20.5. The Morgan fingerprint density at radius 3 is 2.39 bits per heavy atom. The van der Waals surface area contributed by atoms with Gasteiger partial charge in [0, 0.05) is 23.7 Å². The first-order chi connectivity index (χ1) is 15.6. The van der Waals surface area contributed by atoms with Crippen molar-refractivity contribution in [3.8, 4) is 5.75 Å². The minimum atomic E-state index is -0.695. The van der Waals surface area contributed by atoms with Gasteiger partial charge in [-0.25, -0.2) is 0 Å². The first-order valence-electron chi connectivity index (χ1n) is 11.0. The van der Waals surface area contributed by atoms with Crippen LogP contribution >= 0.6 is 11.6 Å². The molecule has 1 unspecified atom stereocenters. The first-order valence-corrected chi connectivity index (χ1v) is 11.4. The van der Waals surface area contributed by atoms with Gasteiger partial charge in [-0.2, -0.15) is 0 Å². The lowest BCUT2D eigenvalue weighted by molar-refractivity contribution is -0.140. The van der Waals surface area contributed by atoms with Crippen LogP contribution in [-0.2, 0) is 9.59 Å². The van der Waals surface area contributed by atoms with Crippen molar-refractivity contribution in [3.63, 3.8) is 0 Å². The summed E-state index contributed by atoms with van der Waals surface area (Å²) in [6, 6.07) is 11.6. The largest absolute Gasteiger partial charge is 0.507 e. The summed E-state index contributed by atoms with van der Waals surface area (Å²) < 4.78 is 5.83. The Morgan fingerprint density at radius 2 is 1.82 bits per heavy atom. The lowest BCUT2D eigenvalue weighted by atomic mass is 9.95. The summed E-state index contributed by atoms with van der Waals surface area (Å²) in [7, 11) is 3.80. The number of likely N-dealkylation sites (N-methyl/N-ethyl adjacent to an activating group) is 1. The van der Waals surface area contributed by atoms with Crippen molar-refractivity contribution >= 4 is 29.1 Å². The highest BCUT2D eigenvalue weighted by Crippen LogP contribution is 2.40. The number of halogens is 1. The van der Waals surface area contributed by atoms with Crippen LogP contribution in [0.2, 0.25) is 5.02 Å². The molecule has 1 amide bonds. The van der Waals surface area contributed by atoms with Crippen molar-refractivity contribution < 1.29 is 19.4 Å². The molecule has 1 fully saturated rings. The summed E-state index contributed by atoms with van der Waals surface area (Å²) in [6.07, 6.45) is 0. The molecule has 0 radical (unpaired) electrons. The van der Waals surface area contributed by atoms with Gasteiger partial charge in [-0.3, -0.25) is 9.59 Å². The Hall–Kier alpha value is -2.83. The number of benzene rings is 2. The van der Waals surface area contributed by atoms with Crippen LogP contribution in [0.15, 0.2) is 48.0 Å². The van der Waals surface area contributed by atoms with E-state index in [-0.39, 0.29) is 11.3 Å². The molecule has 2 aromatic rings. The van der Waals surface area contributed by atoms with E-state index in [1.807, 2.05) is 25.9 Å². The van der Waals surface area contributed by atoms with E-state index in [1.54, 1.807) is 42.5 Å². The zero-order valence-electron chi connectivity index (χ0n) is 19.8. The number of rotatable bonds is 8. The highest BCUT2D eigenvalue weighted by molar-refractivity contribution is 6.46. The van der Waals surface area contributed by atoms with Gasteiger partial charge in [0.2, 0.25) is 0 Å². The van der Waals surface area contributed by atoms with Crippen LogP contribution in [0.1, 0.15) is 36.6 Å². The average molecular weight is 471 g/mol. The summed E-state index contributed by atoms with van der Waals surface area (Å²) in [6.45, 7) is 7.54. The normalized spacial score (nSPS) is 17.9. The number of ketones is 1. The number of aliphatic hydroxyl groups excluding tert-OH is 1. The van der Waals surface area contributed by atoms with Crippen LogP contribution in [0.3, 0.4) is 0 Å². The van der Waals surface area contributed by atoms with E-state index in [0.717, 1.165) is 11.3 Å². The maximum atomic E-state index is 13.1. The number of likely N-dealkylation sites (tertiary alicyclic amines) is 1. The number of carbonyl (C=O) groups is 2. The summed E-state index contributed by atoms with van der Waals surface area (Å²) in [4.78, 5) is 29.5. The maximum Gasteiger partial charge on any atom is 0.295 e. The van der Waals surface area contributed by atoms with Gasteiger partial charge in [0.15, 0.2) is 0 Å². The van der Waals surface area contributed by atoms with E-state index in [1.165, 1.54) is 4.90 Å². The van der Waals surface area contributed by atoms with Crippen LogP contribution in [0.4, 0.5) is 0 Å². The van der Waals surface area contributed by atoms with Gasteiger partial charge in [0.1, 0.15) is 11.5 Å². The molecule has 0 saturated carbocycles. The molecule has 0 spiro atoms. The molecule has 0 bridgehead atoms. The molecule has 176 valence electrons. The van der Waals surface area contributed by atoms with Gasteiger partial charge < -0.3 is 19.6 Å². The summed E-state index contributed by atoms with van der Waals surface area (Å²) in [5, 5.41) is 11.8. The topological polar surface area (TPSA) is 70.1 Å². The summed E-state index contributed by atoms with van der Waals surface area (Å²) in [5.41, 5.74) is 2.10. The number of hydrogen-bond donors (Lipinski definition) is 1. The molecule has 6 nitrogen and oxygen atoms in total. The van der Waals surface area contributed by atoms with Crippen molar-refractivity contribution in [2.45, 2.75) is 26.8 Å². The minimum Gasteiger partial charge on any atom is -0.507 e. The maximum absolute atomic E-state index is 13.1. The molecule has 1 heterocycles. The van der Waals surface area contributed by atoms with Crippen molar-refractivity contribution in [2.75, 3.05) is 33.8 Å². The molecule has 0 aliphatic carbocycles. The monoisotopic (exact) mass is 470 g/mol. The second-order valence-electron chi connectivity index (χ2n) is 9.03. The van der Waals surface area contributed by atoms with Crippen molar-refractivity contribution in [3.05, 3.63) is 69.8 Å². The number of ether oxygens (including phenoxy) is 1. The Kier molecular flexibility index (Phi) is 7.82. The molecule has 1 atom stereocenters. The van der Waals surface area contributed by atoms with Gasteiger partial charge in [0.05, 0.1) is 18.2 Å². The van der Waals surface area contributed by atoms with E-state index in [2.05, 4.69) is 13.8 Å². The van der Waals surface area contributed by atoms with Crippen LogP contribution in [0.5, 0.6) is 5.75 Å². The number of aryl methyl sites for hydroxylation is 1. The van der Waals surface area contributed by atoms with Crippen LogP contribution < -0.4 is 4.74 Å². The van der Waals surface area contributed by atoms with Crippen molar-refractivity contribution in [2.24, 2.45) is 5.92 Å². The third kappa shape index (κ3) is 5.57. The third-order valence-corrected chi connectivity index (χ3v) is 5.79. The van der Waals surface area contributed by atoms with Gasteiger partial charge in [-0.1, -0.05) is 37.6 Å². The average Bonchev–Trinajstić information content (AvgIpc) is 3.01. The predicted molar refractivity (Wildman–Crippen MR) is 131 cm³/mol. The second-order valence-corrected chi connectivity index (χ2v) is 9.47. The summed E-state index contributed by atoms with van der Waals surface area (Å²) >= 11 is 6.06. The smallest absolute Gasteiger partial charge is 0.295 e. The van der Waals surface area contributed by atoms with E-state index in [4.69, 9.17) is 16.3 Å². The van der Waals surface area contributed by atoms with Crippen LogP contribution in [-0.4, -0.2) is 60.4 Å². The molecular formula is C26H31ClN2O4. The van der Waals surface area contributed by atoms with Gasteiger partial charge in [0.25, 0.3) is 11.7 Å². The van der Waals surface area contributed by atoms with Gasteiger partial charge in [-0.15, -0.1) is 0 Å². The molecule has 33 heavy (non-hydrogen) atoms. The molecule has 2 aromatic carbocycles. The Labute approximate surface area is 200 Å². The highest BCUT2D eigenvalue weighted by Gasteiger charge is 2.45. The van der Waals surface area contributed by atoms with E-state index in [9.17, 15) is 14.7 Å². The molecule has 3 rings (SSSR count). The van der Waals surface area contributed by atoms with Crippen LogP contribution in [0.25, 0.3) is 5.76 Å². The lowest BCUT2D eigenvalue weighted by Crippen LogP contribution is -2.35. The van der Waals surface area contributed by atoms with E-state index in [0.29, 0.717) is 41.8 Å². The molecule has 1 aliphatic heterocycles. The SMILES string of the molecule is Cc1cc(C(O)=C2C(=O)C(=O)N(CCN(C)C)C2c2ccc(Cl)cc2)ccc1OCC(C)C. The third-order valence-electron chi connectivity index (χ3n) is 5.53. The molecule has 0 aromatic heterocycles. The summed E-state index contributed by atoms with van der Waals surface area (Å²) in [5.74, 6) is -0.397. The molecule has 1 aliphatic rings. The first kappa shape index (κ1) is 24.8. The molecule has 1 saturated heterocycles. The Bertz CT molecular complexity index is 1060. The standard InChI is InChI=1S/C26H31ClN2O4/c1-16(2)15-33-21-11-8-19(14-17(21)3)24(30)22-23(18-6-9-20(27)10-7-18)29(13-12-28(4)5)26(32)25(22)31/h6-11,14,16,23,30H,12-13,15H2,1-5H3. The lowest BCUT2D eigenvalue weighted by Gasteiger charge is -2.26. The number of amides is 1. The van der Waals surface area contributed by atoms with Crippen molar-refractivity contribution in [1.82, 2.24) is 9.80 Å². The molecule has 1 N–H and O–H groups in total.